The van der Waals surface area contributed by atoms with Crippen molar-refractivity contribution in [3.05, 3.63) is 46.7 Å². The fourth-order valence-corrected chi connectivity index (χ4v) is 3.49. The first-order chi connectivity index (χ1) is 13.8. The molecule has 9 nitrogen and oxygen atoms in total. The van der Waals surface area contributed by atoms with Crippen LogP contribution in [0.5, 0.6) is 0 Å². The van der Waals surface area contributed by atoms with Crippen LogP contribution in [-0.2, 0) is 9.53 Å². The molecule has 1 aliphatic heterocycles. The first-order valence-corrected chi connectivity index (χ1v) is 9.27. The molecular formula is C20H23N3O6. The van der Waals surface area contributed by atoms with E-state index in [0.29, 0.717) is 43.0 Å². The Morgan fingerprint density at radius 2 is 1.76 bits per heavy atom. The van der Waals surface area contributed by atoms with Gasteiger partial charge >= 0.3 is 5.97 Å². The molecule has 2 aromatic heterocycles. The number of piperazine rings is 1. The van der Waals surface area contributed by atoms with Gasteiger partial charge in [-0.3, -0.25) is 14.4 Å². The maximum atomic E-state index is 12.4. The Morgan fingerprint density at radius 1 is 1.10 bits per heavy atom. The van der Waals surface area contributed by atoms with Gasteiger partial charge in [0.2, 0.25) is 0 Å². The van der Waals surface area contributed by atoms with Crippen LogP contribution in [0.15, 0.2) is 22.8 Å². The van der Waals surface area contributed by atoms with Gasteiger partial charge in [-0.25, -0.2) is 4.79 Å². The van der Waals surface area contributed by atoms with E-state index in [1.807, 2.05) is 0 Å². The van der Waals surface area contributed by atoms with Crippen LogP contribution in [0.2, 0.25) is 0 Å². The number of ketones is 1. The fraction of sp³-hybridized carbons (Fsp3) is 0.400. The van der Waals surface area contributed by atoms with Gasteiger partial charge < -0.3 is 23.9 Å². The lowest BCUT2D eigenvalue weighted by atomic mass is 10.1. The summed E-state index contributed by atoms with van der Waals surface area (Å²) in [6.07, 6.45) is 1.44. The highest BCUT2D eigenvalue weighted by Crippen LogP contribution is 2.19. The van der Waals surface area contributed by atoms with E-state index in [0.717, 1.165) is 0 Å². The number of esters is 1. The Labute approximate surface area is 167 Å². The summed E-state index contributed by atoms with van der Waals surface area (Å²) in [4.78, 5) is 54.6. The number of aryl methyl sites for hydroxylation is 1. The van der Waals surface area contributed by atoms with Crippen LogP contribution in [0.25, 0.3) is 0 Å². The van der Waals surface area contributed by atoms with Crippen molar-refractivity contribution in [2.24, 2.45) is 0 Å². The molecule has 1 fully saturated rings. The summed E-state index contributed by atoms with van der Waals surface area (Å²) in [7, 11) is 0. The summed E-state index contributed by atoms with van der Waals surface area (Å²) in [6, 6.07) is 3.25. The van der Waals surface area contributed by atoms with Crippen molar-refractivity contribution < 1.29 is 28.3 Å². The van der Waals surface area contributed by atoms with Crippen molar-refractivity contribution in [3.8, 4) is 0 Å². The average Bonchev–Trinajstić information content (AvgIpc) is 3.33. The highest BCUT2D eigenvalue weighted by atomic mass is 16.5. The summed E-state index contributed by atoms with van der Waals surface area (Å²) in [6.45, 7) is 5.82. The van der Waals surface area contributed by atoms with E-state index in [-0.39, 0.29) is 29.1 Å². The molecule has 29 heavy (non-hydrogen) atoms. The van der Waals surface area contributed by atoms with E-state index < -0.39 is 12.6 Å². The number of carbonyl (C=O) groups excluding carboxylic acids is 4. The number of ether oxygens (including phenoxy) is 1. The lowest BCUT2D eigenvalue weighted by Gasteiger charge is -2.34. The van der Waals surface area contributed by atoms with Crippen LogP contribution in [0, 0.1) is 13.8 Å². The molecule has 1 aliphatic rings. The zero-order valence-electron chi connectivity index (χ0n) is 16.6. The van der Waals surface area contributed by atoms with Gasteiger partial charge in [0.15, 0.2) is 18.2 Å². The number of carbonyl (C=O) groups is 4. The van der Waals surface area contributed by atoms with Crippen molar-refractivity contribution in [1.82, 2.24) is 14.8 Å². The van der Waals surface area contributed by atoms with E-state index >= 15 is 0 Å². The molecule has 154 valence electrons. The summed E-state index contributed by atoms with van der Waals surface area (Å²) >= 11 is 0. The van der Waals surface area contributed by atoms with Gasteiger partial charge in [-0.05, 0) is 38.5 Å². The van der Waals surface area contributed by atoms with Crippen molar-refractivity contribution in [3.63, 3.8) is 0 Å². The van der Waals surface area contributed by atoms with Crippen LogP contribution in [0.3, 0.4) is 0 Å². The van der Waals surface area contributed by atoms with Gasteiger partial charge in [0, 0.05) is 37.4 Å². The molecule has 9 heteroatoms. The number of nitrogens with zero attached hydrogens (tertiary/aromatic N) is 2. The second-order valence-electron chi connectivity index (χ2n) is 6.91. The first-order valence-electron chi connectivity index (χ1n) is 9.27. The normalized spacial score (nSPS) is 14.0. The largest absolute Gasteiger partial charge is 0.459 e. The number of Topliss-reactive ketones (excluding diaryl/α,β-unsaturated/α-hetero) is 1. The third-order valence-electron chi connectivity index (χ3n) is 4.97. The quantitative estimate of drug-likeness (QED) is 0.601. The molecule has 0 bridgehead atoms. The molecule has 2 amide bonds. The average molecular weight is 401 g/mol. The molecule has 0 atom stereocenters. The van der Waals surface area contributed by atoms with Gasteiger partial charge in [0.1, 0.15) is 5.69 Å². The summed E-state index contributed by atoms with van der Waals surface area (Å²) < 4.78 is 10.2. The molecule has 1 saturated heterocycles. The SMILES string of the molecule is CC(=O)c1c(C)[nH]c(C(=O)OCC(=O)N2CCN(C(=O)c3ccco3)CC2)c1C. The van der Waals surface area contributed by atoms with E-state index in [2.05, 4.69) is 4.98 Å². The van der Waals surface area contributed by atoms with Crippen LogP contribution in [-0.4, -0.2) is 71.1 Å². The van der Waals surface area contributed by atoms with Gasteiger partial charge in [-0.2, -0.15) is 0 Å². The molecule has 3 heterocycles. The zero-order chi connectivity index (χ0) is 21.1. The summed E-state index contributed by atoms with van der Waals surface area (Å²) in [5.41, 5.74) is 1.73. The predicted molar refractivity (Wildman–Crippen MR) is 102 cm³/mol. The molecule has 1 N–H and O–H groups in total. The van der Waals surface area contributed by atoms with Gasteiger partial charge in [0.25, 0.3) is 11.8 Å². The molecule has 2 aromatic rings. The minimum atomic E-state index is -0.682. The maximum Gasteiger partial charge on any atom is 0.355 e. The number of hydrogen-bond acceptors (Lipinski definition) is 6. The second-order valence-corrected chi connectivity index (χ2v) is 6.91. The monoisotopic (exact) mass is 401 g/mol. The van der Waals surface area contributed by atoms with Gasteiger partial charge in [-0.1, -0.05) is 0 Å². The minimum Gasteiger partial charge on any atom is -0.459 e. The smallest absolute Gasteiger partial charge is 0.355 e. The number of aromatic amines is 1. The Bertz CT molecular complexity index is 936. The second kappa shape index (κ2) is 8.34. The zero-order valence-corrected chi connectivity index (χ0v) is 16.6. The van der Waals surface area contributed by atoms with E-state index in [1.165, 1.54) is 13.2 Å². The number of nitrogens with one attached hydrogen (secondary N) is 1. The highest BCUT2D eigenvalue weighted by Gasteiger charge is 2.27. The Hall–Kier alpha value is -3.36. The molecule has 3 rings (SSSR count). The summed E-state index contributed by atoms with van der Waals surface area (Å²) in [5.74, 6) is -1.12. The lowest BCUT2D eigenvalue weighted by molar-refractivity contribution is -0.136. The topological polar surface area (TPSA) is 113 Å². The molecule has 0 radical (unpaired) electrons. The van der Waals surface area contributed by atoms with E-state index in [1.54, 1.807) is 35.8 Å². The van der Waals surface area contributed by atoms with Crippen LogP contribution >= 0.6 is 0 Å². The van der Waals surface area contributed by atoms with Gasteiger partial charge in [0.05, 0.1) is 6.26 Å². The number of H-pyrrole nitrogens is 1. The molecule has 0 spiro atoms. The standard InChI is InChI=1S/C20H23N3O6/c1-12-17(14(3)24)13(2)21-18(12)20(27)29-11-16(25)22-6-8-23(9-7-22)19(26)15-5-4-10-28-15/h4-5,10,21H,6-9,11H2,1-3H3. The van der Waals surface area contributed by atoms with Crippen molar-refractivity contribution in [2.45, 2.75) is 20.8 Å². The highest BCUT2D eigenvalue weighted by molar-refractivity contribution is 6.01. The van der Waals surface area contributed by atoms with E-state index in [4.69, 9.17) is 9.15 Å². The van der Waals surface area contributed by atoms with Crippen molar-refractivity contribution in [1.29, 1.82) is 0 Å². The number of aromatic nitrogens is 1. The van der Waals surface area contributed by atoms with Crippen LogP contribution < -0.4 is 0 Å². The molecular weight excluding hydrogens is 378 g/mol. The van der Waals surface area contributed by atoms with Gasteiger partial charge in [-0.15, -0.1) is 0 Å². The first kappa shape index (κ1) is 20.4. The Balaban J connectivity index is 1.52. The molecule has 0 unspecified atom stereocenters. The Kier molecular flexibility index (Phi) is 5.86. The number of rotatable bonds is 5. The third-order valence-corrected chi connectivity index (χ3v) is 4.97. The lowest BCUT2D eigenvalue weighted by Crippen LogP contribution is -2.51. The maximum absolute atomic E-state index is 12.4. The predicted octanol–water partition coefficient (Wildman–Crippen LogP) is 1.57. The van der Waals surface area contributed by atoms with Crippen molar-refractivity contribution in [2.75, 3.05) is 32.8 Å². The number of hydrogen-bond donors (Lipinski definition) is 1. The molecule has 0 aliphatic carbocycles. The van der Waals surface area contributed by atoms with E-state index in [9.17, 15) is 19.2 Å². The van der Waals surface area contributed by atoms with Crippen LogP contribution in [0.4, 0.5) is 0 Å². The third kappa shape index (κ3) is 4.23. The fourth-order valence-electron chi connectivity index (χ4n) is 3.49. The minimum absolute atomic E-state index is 0.145. The summed E-state index contributed by atoms with van der Waals surface area (Å²) in [5, 5.41) is 0. The molecule has 0 aromatic carbocycles. The number of furan rings is 1. The Morgan fingerprint density at radius 3 is 2.31 bits per heavy atom. The van der Waals surface area contributed by atoms with Crippen molar-refractivity contribution >= 4 is 23.6 Å². The van der Waals surface area contributed by atoms with Crippen LogP contribution in [0.1, 0.15) is 49.6 Å². The molecule has 0 saturated carbocycles. The number of amides is 2.